The number of nitrogens with zero attached hydrogens (tertiary/aromatic N) is 1. The molecule has 58 valence electrons. The minimum absolute atomic E-state index is 0.106. The van der Waals surface area contributed by atoms with E-state index in [1.807, 2.05) is 0 Å². The molecule has 0 bridgehead atoms. The van der Waals surface area contributed by atoms with Gasteiger partial charge in [0.1, 0.15) is 5.15 Å². The quantitative estimate of drug-likeness (QED) is 0.596. The van der Waals surface area contributed by atoms with E-state index in [-0.39, 0.29) is 5.15 Å². The van der Waals surface area contributed by atoms with E-state index in [9.17, 15) is 9.59 Å². The highest BCUT2D eigenvalue weighted by Crippen LogP contribution is 2.02. The average molecular weight is 174 g/mol. The van der Waals surface area contributed by atoms with Crippen LogP contribution in [0, 0.1) is 0 Å². The zero-order valence-electron chi connectivity index (χ0n) is 5.32. The van der Waals surface area contributed by atoms with Crippen molar-refractivity contribution in [3.8, 4) is 0 Å². The Morgan fingerprint density at radius 1 is 1.55 bits per heavy atom. The Morgan fingerprint density at radius 3 is 2.55 bits per heavy atom. The molecule has 11 heavy (non-hydrogen) atoms. The first-order valence-corrected chi connectivity index (χ1v) is 3.11. The third kappa shape index (κ3) is 1.40. The fourth-order valence-electron chi connectivity index (χ4n) is 0.650. The molecule has 1 heterocycles. The largest absolute Gasteiger partial charge is 0.464 e. The zero-order valence-corrected chi connectivity index (χ0v) is 6.08. The van der Waals surface area contributed by atoms with Crippen LogP contribution < -0.4 is 5.56 Å². The molecule has 0 atom stereocenters. The lowest BCUT2D eigenvalue weighted by Gasteiger charge is -1.98. The van der Waals surface area contributed by atoms with E-state index in [0.29, 0.717) is 4.57 Å². The van der Waals surface area contributed by atoms with Gasteiger partial charge in [0.25, 0.3) is 5.56 Å². The van der Waals surface area contributed by atoms with E-state index in [4.69, 9.17) is 16.7 Å². The Hall–Kier alpha value is -1.29. The molecule has 0 radical (unpaired) electrons. The summed E-state index contributed by atoms with van der Waals surface area (Å²) in [4.78, 5) is 21.1. The topological polar surface area (TPSA) is 59.3 Å². The van der Waals surface area contributed by atoms with Crippen LogP contribution >= 0.6 is 11.6 Å². The van der Waals surface area contributed by atoms with Crippen molar-refractivity contribution < 1.29 is 9.90 Å². The van der Waals surface area contributed by atoms with E-state index < -0.39 is 11.7 Å². The highest BCUT2D eigenvalue weighted by Gasteiger charge is 2.06. The zero-order chi connectivity index (χ0) is 8.43. The summed E-state index contributed by atoms with van der Waals surface area (Å²) in [7, 11) is 0. The Balaban J connectivity index is 3.45. The Morgan fingerprint density at radius 2 is 2.18 bits per heavy atom. The summed E-state index contributed by atoms with van der Waals surface area (Å²) >= 11 is 5.41. The summed E-state index contributed by atoms with van der Waals surface area (Å²) < 4.78 is 0.460. The molecule has 1 N–H and O–H groups in total. The fourth-order valence-corrected chi connectivity index (χ4v) is 0.878. The van der Waals surface area contributed by atoms with E-state index >= 15 is 0 Å². The predicted octanol–water partition coefficient (Wildman–Crippen LogP) is 1.03. The second-order valence-electron chi connectivity index (χ2n) is 1.80. The van der Waals surface area contributed by atoms with Crippen LogP contribution in [0.1, 0.15) is 0 Å². The molecule has 0 aromatic carbocycles. The van der Waals surface area contributed by atoms with Gasteiger partial charge in [-0.3, -0.25) is 4.79 Å². The van der Waals surface area contributed by atoms with Crippen LogP contribution in [0.15, 0.2) is 23.0 Å². The number of carbonyl (C=O) groups is 1. The fraction of sp³-hybridized carbons (Fsp3) is 0. The molecule has 1 rings (SSSR count). The van der Waals surface area contributed by atoms with Crippen LogP contribution in [0.3, 0.4) is 0 Å². The summed E-state index contributed by atoms with van der Waals surface area (Å²) in [5.41, 5.74) is -0.648. The minimum atomic E-state index is -1.37. The molecule has 0 amide bonds. The number of hydrogen-bond acceptors (Lipinski definition) is 2. The highest BCUT2D eigenvalue weighted by atomic mass is 35.5. The van der Waals surface area contributed by atoms with Crippen LogP contribution in [0.2, 0.25) is 5.15 Å². The summed E-state index contributed by atoms with van der Waals surface area (Å²) in [6.45, 7) is 0. The maximum Gasteiger partial charge on any atom is 0.419 e. The molecule has 0 saturated heterocycles. The Labute approximate surface area is 66.6 Å². The molecule has 0 aliphatic heterocycles. The van der Waals surface area contributed by atoms with Gasteiger partial charge in [-0.25, -0.2) is 9.36 Å². The third-order valence-corrected chi connectivity index (χ3v) is 1.39. The van der Waals surface area contributed by atoms with Gasteiger partial charge >= 0.3 is 6.09 Å². The van der Waals surface area contributed by atoms with E-state index in [1.165, 1.54) is 12.1 Å². The van der Waals surface area contributed by atoms with E-state index in [2.05, 4.69) is 0 Å². The van der Waals surface area contributed by atoms with Gasteiger partial charge in [0.15, 0.2) is 0 Å². The molecule has 1 aromatic heterocycles. The number of halogens is 1. The molecular formula is C6H4ClNO3. The number of carboxylic acid groups (broad SMARTS) is 1. The lowest BCUT2D eigenvalue weighted by atomic mass is 10.5. The van der Waals surface area contributed by atoms with Crippen molar-refractivity contribution in [2.24, 2.45) is 0 Å². The maximum atomic E-state index is 10.8. The van der Waals surface area contributed by atoms with Crippen LogP contribution in [-0.4, -0.2) is 15.8 Å². The highest BCUT2D eigenvalue weighted by molar-refractivity contribution is 6.30. The maximum absolute atomic E-state index is 10.8. The van der Waals surface area contributed by atoms with Crippen molar-refractivity contribution in [3.05, 3.63) is 33.7 Å². The smallest absolute Gasteiger partial charge is 0.419 e. The number of aromatic nitrogens is 1. The van der Waals surface area contributed by atoms with Gasteiger partial charge in [-0.05, 0) is 6.07 Å². The van der Waals surface area contributed by atoms with Gasteiger partial charge < -0.3 is 5.11 Å². The molecule has 0 spiro atoms. The van der Waals surface area contributed by atoms with Gasteiger partial charge in [-0.15, -0.1) is 0 Å². The number of rotatable bonds is 0. The summed E-state index contributed by atoms with van der Waals surface area (Å²) in [6, 6.07) is 3.85. The molecule has 4 nitrogen and oxygen atoms in total. The normalized spacial score (nSPS) is 9.55. The van der Waals surface area contributed by atoms with E-state index in [0.717, 1.165) is 6.07 Å². The van der Waals surface area contributed by atoms with Crippen molar-refractivity contribution in [1.29, 1.82) is 0 Å². The molecular weight excluding hydrogens is 170 g/mol. The van der Waals surface area contributed by atoms with Gasteiger partial charge in [-0.1, -0.05) is 17.7 Å². The molecule has 0 aliphatic rings. The van der Waals surface area contributed by atoms with Crippen LogP contribution in [0.5, 0.6) is 0 Å². The Bertz CT molecular complexity index is 344. The van der Waals surface area contributed by atoms with Crippen molar-refractivity contribution in [1.82, 2.24) is 4.57 Å². The first kappa shape index (κ1) is 7.81. The molecule has 0 saturated carbocycles. The van der Waals surface area contributed by atoms with E-state index in [1.54, 1.807) is 0 Å². The standard InChI is InChI=1S/C6H4ClNO3/c7-4-2-1-3-5(9)8(4)6(10)11/h1-3H,(H,10,11). The Kier molecular flexibility index (Phi) is 1.96. The van der Waals surface area contributed by atoms with Crippen molar-refractivity contribution in [2.45, 2.75) is 0 Å². The first-order valence-electron chi connectivity index (χ1n) is 2.74. The average Bonchev–Trinajstić information content (AvgIpc) is 1.85. The van der Waals surface area contributed by atoms with Gasteiger partial charge in [0.2, 0.25) is 0 Å². The molecule has 0 fully saturated rings. The lowest BCUT2D eigenvalue weighted by molar-refractivity contribution is 0.195. The van der Waals surface area contributed by atoms with Crippen molar-refractivity contribution in [2.75, 3.05) is 0 Å². The third-order valence-electron chi connectivity index (χ3n) is 1.10. The van der Waals surface area contributed by atoms with Gasteiger partial charge in [-0.2, -0.15) is 0 Å². The summed E-state index contributed by atoms with van der Waals surface area (Å²) in [6.07, 6.45) is -1.37. The second-order valence-corrected chi connectivity index (χ2v) is 2.19. The molecule has 0 unspecified atom stereocenters. The summed E-state index contributed by atoms with van der Waals surface area (Å²) in [5.74, 6) is 0. The summed E-state index contributed by atoms with van der Waals surface area (Å²) in [5, 5.41) is 8.32. The monoisotopic (exact) mass is 173 g/mol. The van der Waals surface area contributed by atoms with Gasteiger partial charge in [0, 0.05) is 6.07 Å². The second kappa shape index (κ2) is 2.75. The lowest BCUT2D eigenvalue weighted by Crippen LogP contribution is -2.25. The first-order chi connectivity index (χ1) is 5.13. The number of pyridine rings is 1. The van der Waals surface area contributed by atoms with Crippen LogP contribution in [-0.2, 0) is 0 Å². The van der Waals surface area contributed by atoms with Crippen molar-refractivity contribution in [3.63, 3.8) is 0 Å². The van der Waals surface area contributed by atoms with Crippen LogP contribution in [0.25, 0.3) is 0 Å². The minimum Gasteiger partial charge on any atom is -0.464 e. The van der Waals surface area contributed by atoms with Crippen molar-refractivity contribution >= 4 is 17.7 Å². The van der Waals surface area contributed by atoms with Crippen LogP contribution in [0.4, 0.5) is 4.79 Å². The SMILES string of the molecule is O=C(O)n1c(Cl)cccc1=O. The molecule has 1 aromatic rings. The number of hydrogen-bond donors (Lipinski definition) is 1. The molecule has 0 aliphatic carbocycles. The molecule has 5 heteroatoms. The van der Waals surface area contributed by atoms with Gasteiger partial charge in [0.05, 0.1) is 0 Å². The predicted molar refractivity (Wildman–Crippen MR) is 39.1 cm³/mol.